The quantitative estimate of drug-likeness (QED) is 0.837. The van der Waals surface area contributed by atoms with Gasteiger partial charge in [-0.3, -0.25) is 9.69 Å². The Bertz CT molecular complexity index is 661. The van der Waals surface area contributed by atoms with Gasteiger partial charge in [0.25, 0.3) is 0 Å². The number of carbonyl (C=O) groups is 1. The van der Waals surface area contributed by atoms with E-state index >= 15 is 0 Å². The topological polar surface area (TPSA) is 71.0 Å². The highest BCUT2D eigenvalue weighted by Crippen LogP contribution is 2.41. The first-order chi connectivity index (χ1) is 12.6. The molecule has 3 rings (SSSR count). The maximum Gasteiger partial charge on any atom is 0.217 e. The number of ether oxygens (including phenoxy) is 2. The number of benzene rings is 1. The van der Waals surface area contributed by atoms with E-state index in [0.717, 1.165) is 5.56 Å². The predicted molar refractivity (Wildman–Crippen MR) is 103 cm³/mol. The van der Waals surface area contributed by atoms with E-state index in [1.807, 2.05) is 45.9 Å². The van der Waals surface area contributed by atoms with Crippen molar-refractivity contribution in [2.24, 2.45) is 0 Å². The molecule has 0 aliphatic carbocycles. The van der Waals surface area contributed by atoms with Gasteiger partial charge in [-0.05, 0) is 33.3 Å². The summed E-state index contributed by atoms with van der Waals surface area (Å²) >= 11 is 0. The number of rotatable bonds is 4. The van der Waals surface area contributed by atoms with Crippen molar-refractivity contribution in [3.05, 3.63) is 35.9 Å². The summed E-state index contributed by atoms with van der Waals surface area (Å²) in [4.78, 5) is 14.0. The summed E-state index contributed by atoms with van der Waals surface area (Å²) in [5, 5.41) is 13.2. The van der Waals surface area contributed by atoms with Crippen molar-refractivity contribution in [1.29, 1.82) is 0 Å². The van der Waals surface area contributed by atoms with Gasteiger partial charge in [-0.1, -0.05) is 30.3 Å². The molecule has 0 spiro atoms. The van der Waals surface area contributed by atoms with Gasteiger partial charge in [0.1, 0.15) is 12.2 Å². The van der Waals surface area contributed by atoms with E-state index in [2.05, 4.69) is 22.3 Å². The van der Waals surface area contributed by atoms with Gasteiger partial charge in [0.2, 0.25) is 5.91 Å². The Hall–Kier alpha value is -1.47. The Morgan fingerprint density at radius 2 is 1.74 bits per heavy atom. The highest BCUT2D eigenvalue weighted by Gasteiger charge is 2.56. The van der Waals surface area contributed by atoms with E-state index in [0.29, 0.717) is 13.1 Å². The van der Waals surface area contributed by atoms with Crippen molar-refractivity contribution in [2.75, 3.05) is 13.2 Å². The normalized spacial score (nSPS) is 32.5. The Morgan fingerprint density at radius 1 is 1.15 bits per heavy atom. The molecular weight excluding hydrogens is 344 g/mol. The molecule has 6 heteroatoms. The van der Waals surface area contributed by atoms with Gasteiger partial charge in [0.05, 0.1) is 29.9 Å². The number of aliphatic hydroxyl groups is 1. The summed E-state index contributed by atoms with van der Waals surface area (Å²) in [7, 11) is 0. The van der Waals surface area contributed by atoms with Crippen LogP contribution in [0.5, 0.6) is 0 Å². The van der Waals surface area contributed by atoms with Crippen LogP contribution >= 0.6 is 0 Å². The molecule has 2 N–H and O–H groups in total. The number of hydrogen-bond acceptors (Lipinski definition) is 5. The molecule has 0 radical (unpaired) electrons. The summed E-state index contributed by atoms with van der Waals surface area (Å²) in [6.07, 6.45) is -0.631. The first-order valence-electron chi connectivity index (χ1n) is 9.66. The average molecular weight is 376 g/mol. The number of nitrogens with one attached hydrogen (secondary N) is 1. The first kappa shape index (κ1) is 20.3. The number of carbonyl (C=O) groups excluding carboxylic acids is 1. The lowest BCUT2D eigenvalue weighted by Gasteiger charge is -2.58. The Kier molecular flexibility index (Phi) is 5.64. The summed E-state index contributed by atoms with van der Waals surface area (Å²) < 4.78 is 13.0. The maximum absolute atomic E-state index is 11.8. The van der Waals surface area contributed by atoms with Gasteiger partial charge in [-0.2, -0.15) is 0 Å². The molecule has 4 atom stereocenters. The second kappa shape index (κ2) is 7.51. The van der Waals surface area contributed by atoms with E-state index in [9.17, 15) is 9.90 Å². The Morgan fingerprint density at radius 3 is 2.30 bits per heavy atom. The zero-order valence-electron chi connectivity index (χ0n) is 16.9. The van der Waals surface area contributed by atoms with Gasteiger partial charge in [0.15, 0.2) is 0 Å². The van der Waals surface area contributed by atoms with Crippen LogP contribution in [0, 0.1) is 0 Å². The van der Waals surface area contributed by atoms with Gasteiger partial charge >= 0.3 is 0 Å². The van der Waals surface area contributed by atoms with Gasteiger partial charge in [-0.15, -0.1) is 0 Å². The lowest BCUT2D eigenvalue weighted by Crippen LogP contribution is -2.74. The number of amides is 1. The van der Waals surface area contributed by atoms with Crippen molar-refractivity contribution in [1.82, 2.24) is 10.2 Å². The zero-order chi connectivity index (χ0) is 19.8. The van der Waals surface area contributed by atoms with Crippen LogP contribution in [-0.4, -0.2) is 64.6 Å². The monoisotopic (exact) mass is 376 g/mol. The summed E-state index contributed by atoms with van der Waals surface area (Å²) in [5.74, 6) is -0.0906. The van der Waals surface area contributed by atoms with Gasteiger partial charge in [-0.25, -0.2) is 0 Å². The molecule has 1 aromatic rings. The van der Waals surface area contributed by atoms with Gasteiger partial charge in [0, 0.05) is 20.0 Å². The van der Waals surface area contributed by atoms with Crippen molar-refractivity contribution in [3.8, 4) is 0 Å². The molecule has 0 unspecified atom stereocenters. The molecule has 0 saturated carbocycles. The molecule has 150 valence electrons. The number of piperidine rings is 1. The number of nitrogens with zero attached hydrogens (tertiary/aromatic N) is 1. The van der Waals surface area contributed by atoms with E-state index in [1.54, 1.807) is 0 Å². The largest absolute Gasteiger partial charge is 0.395 e. The Labute approximate surface area is 161 Å². The van der Waals surface area contributed by atoms with Crippen molar-refractivity contribution in [3.63, 3.8) is 0 Å². The lowest BCUT2D eigenvalue weighted by molar-refractivity contribution is -0.322. The minimum Gasteiger partial charge on any atom is -0.395 e. The van der Waals surface area contributed by atoms with Crippen LogP contribution in [-0.2, 0) is 20.8 Å². The minimum atomic E-state index is -0.516. The maximum atomic E-state index is 11.8. The van der Waals surface area contributed by atoms with E-state index in [1.165, 1.54) is 6.92 Å². The molecule has 2 saturated heterocycles. The van der Waals surface area contributed by atoms with E-state index in [-0.39, 0.29) is 36.8 Å². The van der Waals surface area contributed by atoms with Crippen LogP contribution in [0.4, 0.5) is 0 Å². The molecule has 2 fully saturated rings. The highest BCUT2D eigenvalue weighted by atomic mass is 16.6. The summed E-state index contributed by atoms with van der Waals surface area (Å²) in [6.45, 7) is 10.8. The smallest absolute Gasteiger partial charge is 0.217 e. The lowest BCUT2D eigenvalue weighted by atomic mass is 9.82. The average Bonchev–Trinajstić information content (AvgIpc) is 2.57. The third-order valence-corrected chi connectivity index (χ3v) is 6.12. The second-order valence-electron chi connectivity index (χ2n) is 8.66. The number of likely N-dealkylation sites (tertiary alicyclic amines) is 1. The van der Waals surface area contributed by atoms with Crippen LogP contribution in [0.15, 0.2) is 30.3 Å². The molecule has 6 nitrogen and oxygen atoms in total. The molecule has 27 heavy (non-hydrogen) atoms. The van der Waals surface area contributed by atoms with Crippen LogP contribution in [0.2, 0.25) is 0 Å². The number of aliphatic hydroxyl groups excluding tert-OH is 1. The molecule has 1 amide bonds. The van der Waals surface area contributed by atoms with Crippen molar-refractivity contribution >= 4 is 5.91 Å². The van der Waals surface area contributed by atoms with Crippen LogP contribution in [0.25, 0.3) is 0 Å². The molecule has 2 aliphatic heterocycles. The molecule has 2 aliphatic rings. The number of fused-ring (bicyclic) bond motifs is 1. The molecule has 1 aromatic carbocycles. The summed E-state index contributed by atoms with van der Waals surface area (Å²) in [6, 6.07) is 9.74. The van der Waals surface area contributed by atoms with Crippen LogP contribution < -0.4 is 5.32 Å². The fraction of sp³-hybridized carbons (Fsp3) is 0.667. The van der Waals surface area contributed by atoms with Crippen LogP contribution in [0.3, 0.4) is 0 Å². The third-order valence-electron chi connectivity index (χ3n) is 6.12. The molecule has 2 heterocycles. The van der Waals surface area contributed by atoms with Gasteiger partial charge < -0.3 is 19.9 Å². The fourth-order valence-corrected chi connectivity index (χ4v) is 4.01. The first-order valence-corrected chi connectivity index (χ1v) is 9.66. The van der Waals surface area contributed by atoms with Crippen LogP contribution in [0.1, 0.15) is 40.2 Å². The third kappa shape index (κ3) is 4.04. The molecular formula is C21H32N2O4. The van der Waals surface area contributed by atoms with E-state index < -0.39 is 11.2 Å². The fourth-order valence-electron chi connectivity index (χ4n) is 4.01. The Balaban J connectivity index is 1.91. The SMILES string of the molecule is CC(=O)N[C@H]1CN(Cc2ccccc2)[C@H](CO)[C@H]2OC(C)(C)C(C)(C)O[C@@H]21. The van der Waals surface area contributed by atoms with Crippen molar-refractivity contribution < 1.29 is 19.4 Å². The zero-order valence-corrected chi connectivity index (χ0v) is 16.9. The standard InChI is InChI=1S/C21H32N2O4/c1-14(25)22-16-12-23(11-15-9-7-6-8-10-15)17(13-24)19-18(16)26-20(2,3)21(4,5)27-19/h6-10,16-19,24H,11-13H2,1-5H3,(H,22,25)/t16-,17+,18+,19+/m0/s1. The predicted octanol–water partition coefficient (Wildman–Crippen LogP) is 1.71. The second-order valence-corrected chi connectivity index (χ2v) is 8.66. The highest BCUT2D eigenvalue weighted by molar-refractivity contribution is 5.73. The molecule has 0 bridgehead atoms. The molecule has 0 aromatic heterocycles. The number of hydrogen-bond donors (Lipinski definition) is 2. The summed E-state index contributed by atoms with van der Waals surface area (Å²) in [5.41, 5.74) is 0.136. The minimum absolute atomic E-state index is 0.0271. The van der Waals surface area contributed by atoms with E-state index in [4.69, 9.17) is 9.47 Å². The van der Waals surface area contributed by atoms with Crippen molar-refractivity contribution in [2.45, 2.75) is 76.7 Å².